The van der Waals surface area contributed by atoms with Crippen molar-refractivity contribution < 1.29 is 35.9 Å². The van der Waals surface area contributed by atoms with E-state index in [9.17, 15) is 31.1 Å². The average molecular weight is 294 g/mol. The Morgan fingerprint density at radius 3 is 1.37 bits per heavy atom. The third-order valence-electron chi connectivity index (χ3n) is 2.54. The van der Waals surface area contributed by atoms with E-state index in [0.717, 1.165) is 0 Å². The molecule has 0 radical (unpaired) electrons. The second-order valence-electron chi connectivity index (χ2n) is 4.91. The fraction of sp³-hybridized carbons (Fsp3) is 0.909. The zero-order chi connectivity index (χ0) is 15.6. The zero-order valence-electron chi connectivity index (χ0n) is 10.9. The number of esters is 1. The molecule has 0 aromatic rings. The summed E-state index contributed by atoms with van der Waals surface area (Å²) in [7, 11) is 0. The Morgan fingerprint density at radius 1 is 0.842 bits per heavy atom. The van der Waals surface area contributed by atoms with Gasteiger partial charge in [-0.3, -0.25) is 4.79 Å². The molecule has 19 heavy (non-hydrogen) atoms. The van der Waals surface area contributed by atoms with Crippen LogP contribution in [-0.4, -0.2) is 24.4 Å². The van der Waals surface area contributed by atoms with E-state index in [0.29, 0.717) is 0 Å². The molecule has 114 valence electrons. The number of carbonyl (C=O) groups excluding carboxylic acids is 1. The molecule has 0 spiro atoms. The topological polar surface area (TPSA) is 26.3 Å². The summed E-state index contributed by atoms with van der Waals surface area (Å²) in [6.07, 6.45) is -15.4. The first kappa shape index (κ1) is 18.0. The fourth-order valence-corrected chi connectivity index (χ4v) is 1.83. The van der Waals surface area contributed by atoms with Gasteiger partial charge in [0.2, 0.25) is 0 Å². The first-order valence-electron chi connectivity index (χ1n) is 5.62. The van der Waals surface area contributed by atoms with E-state index in [1.54, 1.807) is 0 Å². The predicted octanol–water partition coefficient (Wildman–Crippen LogP) is 3.95. The van der Waals surface area contributed by atoms with Crippen LogP contribution in [0, 0.1) is 17.8 Å². The van der Waals surface area contributed by atoms with Crippen molar-refractivity contribution in [2.45, 2.75) is 46.2 Å². The highest BCUT2D eigenvalue weighted by molar-refractivity contribution is 5.73. The third-order valence-corrected chi connectivity index (χ3v) is 2.54. The van der Waals surface area contributed by atoms with Crippen molar-refractivity contribution in [2.24, 2.45) is 17.8 Å². The number of hydrogen-bond acceptors (Lipinski definition) is 2. The van der Waals surface area contributed by atoms with Gasteiger partial charge in [0.25, 0.3) is 6.10 Å². The molecule has 0 aromatic carbocycles. The van der Waals surface area contributed by atoms with Gasteiger partial charge in [-0.05, 0) is 11.8 Å². The minimum atomic E-state index is -5.67. The van der Waals surface area contributed by atoms with Crippen molar-refractivity contribution in [3.8, 4) is 0 Å². The number of ether oxygens (including phenoxy) is 1. The Kier molecular flexibility index (Phi) is 5.70. The third kappa shape index (κ3) is 5.28. The molecular weight excluding hydrogens is 278 g/mol. The lowest BCUT2D eigenvalue weighted by Crippen LogP contribution is -2.47. The summed E-state index contributed by atoms with van der Waals surface area (Å²) in [6, 6.07) is 0. The monoisotopic (exact) mass is 294 g/mol. The molecule has 0 unspecified atom stereocenters. The van der Waals surface area contributed by atoms with Gasteiger partial charge in [0, 0.05) is 0 Å². The van der Waals surface area contributed by atoms with Crippen LogP contribution in [-0.2, 0) is 9.53 Å². The van der Waals surface area contributed by atoms with Gasteiger partial charge < -0.3 is 4.74 Å². The highest BCUT2D eigenvalue weighted by atomic mass is 19.4. The van der Waals surface area contributed by atoms with Crippen molar-refractivity contribution in [3.63, 3.8) is 0 Å². The molecule has 0 saturated carbocycles. The SMILES string of the molecule is CC(C)C(C(=O)OC(C(F)(F)F)C(F)(F)F)C(C)C. The Balaban J connectivity index is 5.11. The molecular formula is C11H16F6O2. The number of rotatable bonds is 4. The van der Waals surface area contributed by atoms with E-state index in [4.69, 9.17) is 0 Å². The van der Waals surface area contributed by atoms with Gasteiger partial charge in [0.15, 0.2) is 0 Å². The molecule has 0 heterocycles. The zero-order valence-corrected chi connectivity index (χ0v) is 10.9. The van der Waals surface area contributed by atoms with E-state index in [2.05, 4.69) is 4.74 Å². The molecule has 0 rings (SSSR count). The summed E-state index contributed by atoms with van der Waals surface area (Å²) in [4.78, 5) is 11.5. The van der Waals surface area contributed by atoms with Crippen molar-refractivity contribution in [3.05, 3.63) is 0 Å². The van der Waals surface area contributed by atoms with Crippen molar-refractivity contribution in [2.75, 3.05) is 0 Å². The van der Waals surface area contributed by atoms with E-state index in [1.165, 1.54) is 27.7 Å². The number of alkyl halides is 6. The van der Waals surface area contributed by atoms with Crippen LogP contribution in [0.4, 0.5) is 26.3 Å². The normalized spacial score (nSPS) is 13.8. The lowest BCUT2D eigenvalue weighted by molar-refractivity contribution is -0.315. The molecule has 0 aliphatic heterocycles. The van der Waals surface area contributed by atoms with Crippen LogP contribution >= 0.6 is 0 Å². The van der Waals surface area contributed by atoms with E-state index < -0.39 is 42.2 Å². The predicted molar refractivity (Wildman–Crippen MR) is 55.2 cm³/mol. The Bertz CT molecular complexity index is 283. The second kappa shape index (κ2) is 6.00. The van der Waals surface area contributed by atoms with Crippen LogP contribution in [0.15, 0.2) is 0 Å². The largest absolute Gasteiger partial charge is 0.443 e. The van der Waals surface area contributed by atoms with Crippen LogP contribution in [0.1, 0.15) is 27.7 Å². The van der Waals surface area contributed by atoms with Gasteiger partial charge >= 0.3 is 18.3 Å². The molecule has 0 aliphatic rings. The molecule has 0 saturated heterocycles. The molecule has 0 atom stereocenters. The highest BCUT2D eigenvalue weighted by Gasteiger charge is 2.60. The van der Waals surface area contributed by atoms with E-state index >= 15 is 0 Å². The van der Waals surface area contributed by atoms with Crippen molar-refractivity contribution >= 4 is 5.97 Å². The van der Waals surface area contributed by atoms with Gasteiger partial charge in [-0.25, -0.2) is 0 Å². The number of halogens is 6. The van der Waals surface area contributed by atoms with Crippen molar-refractivity contribution in [1.82, 2.24) is 0 Å². The van der Waals surface area contributed by atoms with Crippen LogP contribution in [0.3, 0.4) is 0 Å². The molecule has 8 heteroatoms. The van der Waals surface area contributed by atoms with Gasteiger partial charge in [0.05, 0.1) is 5.92 Å². The minimum absolute atomic E-state index is 0.422. The van der Waals surface area contributed by atoms with Crippen LogP contribution in [0.5, 0.6) is 0 Å². The summed E-state index contributed by atoms with van der Waals surface area (Å²) in [6.45, 7) is 6.12. The van der Waals surface area contributed by atoms with Gasteiger partial charge in [-0.2, -0.15) is 26.3 Å². The van der Waals surface area contributed by atoms with Gasteiger partial charge in [-0.1, -0.05) is 27.7 Å². The fourth-order valence-electron chi connectivity index (χ4n) is 1.83. The van der Waals surface area contributed by atoms with Crippen LogP contribution in [0.2, 0.25) is 0 Å². The molecule has 2 nitrogen and oxygen atoms in total. The number of hydrogen-bond donors (Lipinski definition) is 0. The second-order valence-corrected chi connectivity index (χ2v) is 4.91. The van der Waals surface area contributed by atoms with Gasteiger partial charge in [-0.15, -0.1) is 0 Å². The first-order chi connectivity index (χ1) is 8.28. The summed E-state index contributed by atoms with van der Waals surface area (Å²) < 4.78 is 77.1. The maximum absolute atomic E-state index is 12.2. The average Bonchev–Trinajstić information content (AvgIpc) is 2.08. The molecule has 0 aliphatic carbocycles. The Labute approximate surface area is 107 Å². The van der Waals surface area contributed by atoms with E-state index in [1.807, 2.05) is 0 Å². The molecule has 0 bridgehead atoms. The highest BCUT2D eigenvalue weighted by Crippen LogP contribution is 2.37. The van der Waals surface area contributed by atoms with Crippen LogP contribution < -0.4 is 0 Å². The number of carbonyl (C=O) groups is 1. The molecule has 0 N–H and O–H groups in total. The maximum Gasteiger partial charge on any atom is 0.434 e. The van der Waals surface area contributed by atoms with Gasteiger partial charge in [0.1, 0.15) is 0 Å². The van der Waals surface area contributed by atoms with E-state index in [-0.39, 0.29) is 0 Å². The van der Waals surface area contributed by atoms with Crippen molar-refractivity contribution in [1.29, 1.82) is 0 Å². The lowest BCUT2D eigenvalue weighted by Gasteiger charge is -2.28. The smallest absolute Gasteiger partial charge is 0.434 e. The maximum atomic E-state index is 12.2. The Hall–Kier alpha value is -0.950. The quantitative estimate of drug-likeness (QED) is 0.579. The molecule has 0 amide bonds. The standard InChI is InChI=1S/C11H16F6O2/c1-5(2)7(6(3)4)8(18)19-9(10(12,13)14)11(15,16)17/h5-7,9H,1-4H3. The summed E-state index contributed by atoms with van der Waals surface area (Å²) in [5, 5.41) is 0. The molecule has 0 fully saturated rings. The minimum Gasteiger partial charge on any atom is -0.443 e. The molecule has 0 aromatic heterocycles. The lowest BCUT2D eigenvalue weighted by atomic mass is 9.86. The summed E-state index contributed by atoms with van der Waals surface area (Å²) >= 11 is 0. The Morgan fingerprint density at radius 2 is 1.16 bits per heavy atom. The first-order valence-corrected chi connectivity index (χ1v) is 5.62. The van der Waals surface area contributed by atoms with Crippen LogP contribution in [0.25, 0.3) is 0 Å². The summed E-state index contributed by atoms with van der Waals surface area (Å²) in [5.41, 5.74) is 0. The summed E-state index contributed by atoms with van der Waals surface area (Å²) in [5.74, 6) is -3.35.